The highest BCUT2D eigenvalue weighted by Crippen LogP contribution is 2.44. The van der Waals surface area contributed by atoms with Crippen LogP contribution >= 0.6 is 11.3 Å². The van der Waals surface area contributed by atoms with Crippen LogP contribution < -0.4 is 10.5 Å². The number of hydrogen-bond donors (Lipinski definition) is 1. The number of rotatable bonds is 4. The molecule has 0 atom stereocenters. The molecule has 1 aromatic carbocycles. The van der Waals surface area contributed by atoms with Crippen LogP contribution in [-0.4, -0.2) is 12.1 Å². The molecule has 1 saturated carbocycles. The van der Waals surface area contributed by atoms with Crippen LogP contribution in [0.4, 0.5) is 0 Å². The summed E-state index contributed by atoms with van der Waals surface area (Å²) in [5, 5.41) is 1.05. The van der Waals surface area contributed by atoms with Gasteiger partial charge in [0.2, 0.25) is 0 Å². The lowest BCUT2D eigenvalue weighted by atomic mass is 10.2. The van der Waals surface area contributed by atoms with Crippen molar-refractivity contribution in [3.8, 4) is 16.3 Å². The van der Waals surface area contributed by atoms with Gasteiger partial charge in [-0.05, 0) is 25.0 Å². The number of methoxy groups -OCH3 is 1. The minimum atomic E-state index is 0.591. The maximum atomic E-state index is 5.81. The van der Waals surface area contributed by atoms with Gasteiger partial charge >= 0.3 is 0 Å². The van der Waals surface area contributed by atoms with Crippen LogP contribution in [0.2, 0.25) is 0 Å². The normalized spacial score (nSPS) is 14.8. The fourth-order valence-electron chi connectivity index (χ4n) is 2.07. The lowest BCUT2D eigenvalue weighted by Gasteiger charge is -2.01. The second-order valence-corrected chi connectivity index (χ2v) is 5.62. The second kappa shape index (κ2) is 4.71. The molecule has 2 aromatic rings. The van der Waals surface area contributed by atoms with E-state index in [1.165, 1.54) is 23.4 Å². The van der Waals surface area contributed by atoms with Crippen molar-refractivity contribution < 1.29 is 4.74 Å². The van der Waals surface area contributed by atoms with Gasteiger partial charge in [-0.15, -0.1) is 11.3 Å². The van der Waals surface area contributed by atoms with Gasteiger partial charge in [0.1, 0.15) is 10.8 Å². The first-order valence-corrected chi connectivity index (χ1v) is 6.97. The lowest BCUT2D eigenvalue weighted by Crippen LogP contribution is -1.96. The molecule has 18 heavy (non-hydrogen) atoms. The molecule has 4 heteroatoms. The SMILES string of the molecule is COc1cccc(-c2nc(C3CC3)c(CN)s2)c1. The fraction of sp³-hybridized carbons (Fsp3) is 0.357. The maximum Gasteiger partial charge on any atom is 0.124 e. The monoisotopic (exact) mass is 260 g/mol. The van der Waals surface area contributed by atoms with Crippen molar-refractivity contribution in [2.24, 2.45) is 5.73 Å². The highest BCUT2D eigenvalue weighted by Gasteiger charge is 2.29. The van der Waals surface area contributed by atoms with Crippen LogP contribution in [0.3, 0.4) is 0 Å². The predicted octanol–water partition coefficient (Wildman–Crippen LogP) is 3.15. The van der Waals surface area contributed by atoms with E-state index in [1.54, 1.807) is 18.4 Å². The molecule has 3 nitrogen and oxygen atoms in total. The fourth-order valence-corrected chi connectivity index (χ4v) is 3.09. The Morgan fingerprint density at radius 3 is 2.94 bits per heavy atom. The topological polar surface area (TPSA) is 48.1 Å². The highest BCUT2D eigenvalue weighted by molar-refractivity contribution is 7.15. The number of aromatic nitrogens is 1. The molecular weight excluding hydrogens is 244 g/mol. The minimum absolute atomic E-state index is 0.591. The molecule has 3 rings (SSSR count). The van der Waals surface area contributed by atoms with E-state index < -0.39 is 0 Å². The van der Waals surface area contributed by atoms with E-state index in [0.29, 0.717) is 12.5 Å². The summed E-state index contributed by atoms with van der Waals surface area (Å²) in [4.78, 5) is 6.00. The van der Waals surface area contributed by atoms with E-state index in [9.17, 15) is 0 Å². The zero-order valence-corrected chi connectivity index (χ0v) is 11.2. The summed E-state index contributed by atoms with van der Waals surface area (Å²) in [6.45, 7) is 0.591. The van der Waals surface area contributed by atoms with Crippen LogP contribution in [-0.2, 0) is 6.54 Å². The molecule has 0 unspecified atom stereocenters. The van der Waals surface area contributed by atoms with Crippen molar-refractivity contribution in [2.45, 2.75) is 25.3 Å². The van der Waals surface area contributed by atoms with Crippen molar-refractivity contribution in [2.75, 3.05) is 7.11 Å². The molecule has 1 aliphatic rings. The molecule has 0 saturated heterocycles. The van der Waals surface area contributed by atoms with Gasteiger partial charge in [0.25, 0.3) is 0 Å². The number of benzene rings is 1. The molecule has 0 amide bonds. The average Bonchev–Trinajstić information content (AvgIpc) is 3.18. The Morgan fingerprint density at radius 1 is 1.44 bits per heavy atom. The van der Waals surface area contributed by atoms with Crippen molar-refractivity contribution in [3.05, 3.63) is 34.8 Å². The van der Waals surface area contributed by atoms with Crippen molar-refractivity contribution >= 4 is 11.3 Å². The van der Waals surface area contributed by atoms with E-state index in [0.717, 1.165) is 16.3 Å². The molecule has 1 fully saturated rings. The van der Waals surface area contributed by atoms with Crippen LogP contribution in [0.5, 0.6) is 5.75 Å². The van der Waals surface area contributed by atoms with Gasteiger partial charge < -0.3 is 10.5 Å². The Morgan fingerprint density at radius 2 is 2.28 bits per heavy atom. The van der Waals surface area contributed by atoms with Crippen LogP contribution in [0.25, 0.3) is 10.6 Å². The summed E-state index contributed by atoms with van der Waals surface area (Å²) in [6, 6.07) is 8.03. The first kappa shape index (κ1) is 11.7. The Kier molecular flexibility index (Phi) is 3.06. The molecule has 1 aromatic heterocycles. The van der Waals surface area contributed by atoms with Gasteiger partial charge in [0.05, 0.1) is 12.8 Å². The van der Waals surface area contributed by atoms with Gasteiger partial charge in [-0.2, -0.15) is 0 Å². The Hall–Kier alpha value is -1.39. The molecule has 0 spiro atoms. The molecule has 0 radical (unpaired) electrons. The molecular formula is C14H16N2OS. The summed E-state index contributed by atoms with van der Waals surface area (Å²) in [7, 11) is 1.68. The quantitative estimate of drug-likeness (QED) is 0.918. The maximum absolute atomic E-state index is 5.81. The first-order valence-electron chi connectivity index (χ1n) is 6.16. The number of nitrogens with zero attached hydrogens (tertiary/aromatic N) is 1. The van der Waals surface area contributed by atoms with Crippen molar-refractivity contribution in [3.63, 3.8) is 0 Å². The largest absolute Gasteiger partial charge is 0.497 e. The third kappa shape index (κ3) is 2.13. The predicted molar refractivity (Wildman–Crippen MR) is 74.0 cm³/mol. The Balaban J connectivity index is 2.00. The number of thiazole rings is 1. The molecule has 0 aliphatic heterocycles. The second-order valence-electron chi connectivity index (χ2n) is 4.54. The van der Waals surface area contributed by atoms with E-state index in [4.69, 9.17) is 15.5 Å². The van der Waals surface area contributed by atoms with Crippen LogP contribution in [0.15, 0.2) is 24.3 Å². The number of nitrogens with two attached hydrogens (primary N) is 1. The van der Waals surface area contributed by atoms with Gasteiger partial charge in [-0.1, -0.05) is 12.1 Å². The third-order valence-corrected chi connectivity index (χ3v) is 4.34. The highest BCUT2D eigenvalue weighted by atomic mass is 32.1. The summed E-state index contributed by atoms with van der Waals surface area (Å²) in [6.07, 6.45) is 2.52. The first-order chi connectivity index (χ1) is 8.81. The zero-order valence-electron chi connectivity index (χ0n) is 10.3. The summed E-state index contributed by atoms with van der Waals surface area (Å²) in [5.74, 6) is 1.52. The average molecular weight is 260 g/mol. The van der Waals surface area contributed by atoms with Gasteiger partial charge in [-0.25, -0.2) is 4.98 Å². The van der Waals surface area contributed by atoms with Crippen LogP contribution in [0, 0.1) is 0 Å². The molecule has 1 heterocycles. The summed E-state index contributed by atoms with van der Waals surface area (Å²) in [5.41, 5.74) is 8.14. The third-order valence-electron chi connectivity index (χ3n) is 3.19. The van der Waals surface area contributed by atoms with Crippen molar-refractivity contribution in [1.82, 2.24) is 4.98 Å². The van der Waals surface area contributed by atoms with Crippen LogP contribution in [0.1, 0.15) is 29.3 Å². The minimum Gasteiger partial charge on any atom is -0.497 e. The van der Waals surface area contributed by atoms with Crippen molar-refractivity contribution in [1.29, 1.82) is 0 Å². The van der Waals surface area contributed by atoms with Gasteiger partial charge in [0, 0.05) is 22.9 Å². The standard InChI is InChI=1S/C14H16N2OS/c1-17-11-4-2-3-10(7-11)14-16-13(9-5-6-9)12(8-15)18-14/h2-4,7,9H,5-6,8,15H2,1H3. The summed E-state index contributed by atoms with van der Waals surface area (Å²) < 4.78 is 5.25. The van der Waals surface area contributed by atoms with E-state index in [-0.39, 0.29) is 0 Å². The Labute approximate surface area is 111 Å². The molecule has 0 bridgehead atoms. The smallest absolute Gasteiger partial charge is 0.124 e. The number of ether oxygens (including phenoxy) is 1. The van der Waals surface area contributed by atoms with E-state index >= 15 is 0 Å². The van der Waals surface area contributed by atoms with E-state index in [2.05, 4.69) is 6.07 Å². The Bertz CT molecular complexity index is 561. The van der Waals surface area contributed by atoms with Gasteiger partial charge in [0.15, 0.2) is 0 Å². The van der Waals surface area contributed by atoms with E-state index in [1.807, 2.05) is 18.2 Å². The summed E-state index contributed by atoms with van der Waals surface area (Å²) >= 11 is 1.71. The molecule has 2 N–H and O–H groups in total. The van der Waals surface area contributed by atoms with Gasteiger partial charge in [-0.3, -0.25) is 0 Å². The lowest BCUT2D eigenvalue weighted by molar-refractivity contribution is 0.415. The zero-order chi connectivity index (χ0) is 12.5. The number of hydrogen-bond acceptors (Lipinski definition) is 4. The molecule has 94 valence electrons. The molecule has 1 aliphatic carbocycles.